The molecule has 4 N–H and O–H groups in total. The highest BCUT2D eigenvalue weighted by Gasteiger charge is 2.30. The zero-order valence-electron chi connectivity index (χ0n) is 19.0. The Bertz CT molecular complexity index is 1450. The molecule has 0 unspecified atom stereocenters. The predicted molar refractivity (Wildman–Crippen MR) is 131 cm³/mol. The summed E-state index contributed by atoms with van der Waals surface area (Å²) < 4.78 is 43.0. The van der Waals surface area contributed by atoms with Crippen LogP contribution in [0.1, 0.15) is 12.5 Å². The minimum absolute atomic E-state index is 0.0527. The van der Waals surface area contributed by atoms with Crippen LogP contribution in [0.4, 0.5) is 20.3 Å². The Hall–Kier alpha value is -3.54. The van der Waals surface area contributed by atoms with E-state index in [1.165, 1.54) is 17.7 Å². The summed E-state index contributed by atoms with van der Waals surface area (Å²) in [5.41, 5.74) is 3.26. The number of nitrogens with two attached hydrogens (primary N) is 1. The van der Waals surface area contributed by atoms with Gasteiger partial charge < -0.3 is 25.5 Å². The van der Waals surface area contributed by atoms with Crippen molar-refractivity contribution in [2.75, 3.05) is 25.6 Å². The molecule has 5 rings (SSSR count). The largest absolute Gasteiger partial charge is 0.486 e. The highest BCUT2D eigenvalue weighted by molar-refractivity contribution is 7.16. The van der Waals surface area contributed by atoms with Crippen molar-refractivity contribution in [3.8, 4) is 5.75 Å². The van der Waals surface area contributed by atoms with Gasteiger partial charge in [0.15, 0.2) is 17.4 Å². The van der Waals surface area contributed by atoms with Gasteiger partial charge in [-0.05, 0) is 25.1 Å². The maximum atomic E-state index is 16.0. The molecular weight excluding hydrogens is 474 g/mol. The number of quaternary nitrogens is 1. The summed E-state index contributed by atoms with van der Waals surface area (Å²) in [5, 5.41) is 12.8. The molecule has 1 aliphatic heterocycles. The summed E-state index contributed by atoms with van der Waals surface area (Å²) in [6.45, 7) is 2.91. The van der Waals surface area contributed by atoms with Crippen LogP contribution in [0.5, 0.6) is 5.75 Å². The predicted octanol–water partition coefficient (Wildman–Crippen LogP) is 3.86. The van der Waals surface area contributed by atoms with E-state index in [0.29, 0.717) is 34.5 Å². The molecule has 0 radical (unpaired) electrons. The van der Waals surface area contributed by atoms with E-state index in [0.717, 1.165) is 6.21 Å². The molecule has 0 saturated carbocycles. The summed E-state index contributed by atoms with van der Waals surface area (Å²) in [4.78, 5) is 12.8. The van der Waals surface area contributed by atoms with E-state index >= 15 is 8.78 Å². The van der Waals surface area contributed by atoms with E-state index in [1.54, 1.807) is 42.3 Å². The van der Waals surface area contributed by atoms with E-state index < -0.39 is 11.6 Å². The van der Waals surface area contributed by atoms with Gasteiger partial charge in [-0.25, -0.2) is 23.7 Å². The Labute approximate surface area is 203 Å². The van der Waals surface area contributed by atoms with Crippen LogP contribution >= 0.6 is 11.3 Å². The molecule has 1 saturated heterocycles. The Morgan fingerprint density at radius 3 is 2.80 bits per heavy atom. The average molecular weight is 498 g/mol. The second-order valence-corrected chi connectivity index (χ2v) is 9.01. The lowest BCUT2D eigenvalue weighted by Crippen LogP contribution is -2.72. The van der Waals surface area contributed by atoms with Crippen molar-refractivity contribution in [2.24, 2.45) is 5.92 Å². The van der Waals surface area contributed by atoms with Gasteiger partial charge in [0.25, 0.3) is 0 Å². The minimum Gasteiger partial charge on any atom is -0.486 e. The Balaban J connectivity index is 1.68. The Morgan fingerprint density at radius 2 is 2.09 bits per heavy atom. The first-order valence-corrected chi connectivity index (χ1v) is 11.9. The quantitative estimate of drug-likeness (QED) is 0.319. The minimum atomic E-state index is -0.641. The summed E-state index contributed by atoms with van der Waals surface area (Å²) in [6.07, 6.45) is 3.70. The molecule has 0 aliphatic carbocycles. The van der Waals surface area contributed by atoms with Crippen LogP contribution in [0.15, 0.2) is 36.2 Å². The van der Waals surface area contributed by atoms with Crippen molar-refractivity contribution in [2.45, 2.75) is 13.0 Å². The standard InChI is InChI=1S/C24H22F2N6O2S/c1-12(14-8-33-9-14)34-22-19-18(5-15(20(22)25)13(6-27)7-28-2)29-10-30-24(19)32-16-3-4-17-23(21(16)26)35-11-31-17/h3-7,10-12,14,27-28H,8-9H2,1-2H3,(H,29,30,32)/p+1/b13-7+,27-6?/t12-/m1/s1. The van der Waals surface area contributed by atoms with E-state index in [1.807, 2.05) is 6.92 Å². The van der Waals surface area contributed by atoms with Crippen LogP contribution in [0.2, 0.25) is 0 Å². The number of benzene rings is 2. The number of ether oxygens (including phenoxy) is 2. The van der Waals surface area contributed by atoms with E-state index in [9.17, 15) is 0 Å². The lowest BCUT2D eigenvalue weighted by molar-refractivity contribution is -0.555. The second kappa shape index (κ2) is 9.61. The number of fused-ring (bicyclic) bond motifs is 2. The average Bonchev–Trinajstić information content (AvgIpc) is 3.30. The molecule has 2 aromatic carbocycles. The zero-order valence-corrected chi connectivity index (χ0v) is 19.8. The van der Waals surface area contributed by atoms with Crippen molar-refractivity contribution in [1.82, 2.24) is 15.0 Å². The first-order valence-electron chi connectivity index (χ1n) is 11.0. The highest BCUT2D eigenvalue weighted by atomic mass is 32.1. The van der Waals surface area contributed by atoms with Gasteiger partial charge in [-0.2, -0.15) is 0 Å². The topological polar surface area (TPSA) is 110 Å². The van der Waals surface area contributed by atoms with Crippen LogP contribution in [0, 0.1) is 23.0 Å². The molecule has 0 spiro atoms. The number of anilines is 2. The molecular formula is C24H23F2N6O2S+. The molecule has 2 aromatic heterocycles. The number of allylic oxidation sites excluding steroid dienone is 1. The Morgan fingerprint density at radius 1 is 1.26 bits per heavy atom. The van der Waals surface area contributed by atoms with Gasteiger partial charge in [-0.3, -0.25) is 0 Å². The number of thiazole rings is 1. The van der Waals surface area contributed by atoms with Gasteiger partial charge in [0.05, 0.1) is 58.2 Å². The third-order valence-corrected chi connectivity index (χ3v) is 6.79. The summed E-state index contributed by atoms with van der Waals surface area (Å²) in [7, 11) is 1.79. The molecule has 11 heteroatoms. The van der Waals surface area contributed by atoms with Crippen molar-refractivity contribution in [3.05, 3.63) is 53.4 Å². The molecule has 8 nitrogen and oxygen atoms in total. The van der Waals surface area contributed by atoms with Crippen molar-refractivity contribution in [3.63, 3.8) is 0 Å². The second-order valence-electron chi connectivity index (χ2n) is 8.16. The third-order valence-electron chi connectivity index (χ3n) is 5.96. The van der Waals surface area contributed by atoms with Crippen LogP contribution < -0.4 is 15.4 Å². The number of aromatic nitrogens is 3. The Kier molecular flexibility index (Phi) is 6.37. The molecule has 35 heavy (non-hydrogen) atoms. The number of nitrogens with zero attached hydrogens (tertiary/aromatic N) is 3. The molecule has 4 aromatic rings. The molecule has 3 heterocycles. The lowest BCUT2D eigenvalue weighted by Gasteiger charge is -2.32. The van der Waals surface area contributed by atoms with Gasteiger partial charge in [0.2, 0.25) is 0 Å². The fourth-order valence-electron chi connectivity index (χ4n) is 3.90. The van der Waals surface area contributed by atoms with Crippen molar-refractivity contribution < 1.29 is 23.6 Å². The van der Waals surface area contributed by atoms with Crippen LogP contribution in [-0.4, -0.2) is 47.5 Å². The maximum Gasteiger partial charge on any atom is 0.174 e. The lowest BCUT2D eigenvalue weighted by atomic mass is 10.0. The van der Waals surface area contributed by atoms with Crippen LogP contribution in [0.3, 0.4) is 0 Å². The number of rotatable bonds is 8. The summed E-state index contributed by atoms with van der Waals surface area (Å²) in [5.74, 6) is -0.843. The van der Waals surface area contributed by atoms with Crippen LogP contribution in [-0.2, 0) is 4.74 Å². The van der Waals surface area contributed by atoms with Gasteiger partial charge >= 0.3 is 0 Å². The van der Waals surface area contributed by atoms with E-state index in [-0.39, 0.29) is 40.2 Å². The normalized spacial score (nSPS) is 15.3. The van der Waals surface area contributed by atoms with Gasteiger partial charge in [-0.1, -0.05) is 0 Å². The first-order chi connectivity index (χ1) is 17.0. The smallest absolute Gasteiger partial charge is 0.174 e. The number of hydrogen-bond acceptors (Lipinski definition) is 8. The monoisotopic (exact) mass is 497 g/mol. The van der Waals surface area contributed by atoms with Crippen molar-refractivity contribution >= 4 is 55.7 Å². The fraction of sp³-hybridized carbons (Fsp3) is 0.250. The molecule has 0 bridgehead atoms. The van der Waals surface area contributed by atoms with Gasteiger partial charge in [0, 0.05) is 17.7 Å². The molecule has 0 amide bonds. The summed E-state index contributed by atoms with van der Waals surface area (Å²) in [6, 6.07) is 4.82. The number of halogens is 2. The van der Waals surface area contributed by atoms with Crippen molar-refractivity contribution in [1.29, 1.82) is 5.41 Å². The molecule has 180 valence electrons. The summed E-state index contributed by atoms with van der Waals surface area (Å²) >= 11 is 1.19. The number of nitrogens with one attached hydrogen (secondary N) is 2. The fourth-order valence-corrected chi connectivity index (χ4v) is 4.63. The van der Waals surface area contributed by atoms with E-state index in [4.69, 9.17) is 14.9 Å². The van der Waals surface area contributed by atoms with Gasteiger partial charge in [-0.15, -0.1) is 11.3 Å². The third kappa shape index (κ3) is 4.22. The molecule has 1 atom stereocenters. The molecule has 1 aliphatic rings. The maximum absolute atomic E-state index is 16.0. The van der Waals surface area contributed by atoms with Crippen LogP contribution in [0.25, 0.3) is 26.7 Å². The zero-order chi connectivity index (χ0) is 24.5. The van der Waals surface area contributed by atoms with Gasteiger partial charge in [0.1, 0.15) is 24.4 Å². The SMILES string of the molecule is C[NH2+]/C=C(\C=N)c1cc2ncnc(Nc3ccc4ncsc4c3F)c2c(O[C@H](C)C2COC2)c1F. The number of hydrogen-bond donors (Lipinski definition) is 3. The first kappa shape index (κ1) is 23.2. The highest BCUT2D eigenvalue weighted by Crippen LogP contribution is 2.39. The van der Waals surface area contributed by atoms with E-state index in [2.05, 4.69) is 20.3 Å². The molecule has 1 fully saturated rings.